The Labute approximate surface area is 220 Å². The van der Waals surface area contributed by atoms with E-state index in [1.54, 1.807) is 0 Å². The summed E-state index contributed by atoms with van der Waals surface area (Å²) in [7, 11) is 2.01. The molecular weight excluding hydrogens is 488 g/mol. The first kappa shape index (κ1) is 24.5. The number of nitrogens with zero attached hydrogens (tertiary/aromatic N) is 3. The number of hydrogen-bond acceptors (Lipinski definition) is 5. The number of nitrogens with one attached hydrogen (secondary N) is 1. The summed E-state index contributed by atoms with van der Waals surface area (Å²) in [6, 6.07) is 20.2. The molecule has 1 aliphatic rings. The highest BCUT2D eigenvalue weighted by molar-refractivity contribution is 7.21. The summed E-state index contributed by atoms with van der Waals surface area (Å²) in [5.74, 6) is -0.0158. The van der Waals surface area contributed by atoms with Crippen LogP contribution in [-0.4, -0.2) is 34.9 Å². The molecule has 2 aromatic heterocycles. The van der Waals surface area contributed by atoms with Crippen LogP contribution in [0, 0.1) is 11.3 Å². The summed E-state index contributed by atoms with van der Waals surface area (Å²) in [5, 5.41) is 13.9. The molecule has 0 radical (unpaired) electrons. The zero-order chi connectivity index (χ0) is 25.1. The lowest BCUT2D eigenvalue weighted by molar-refractivity contribution is 0.0606. The van der Waals surface area contributed by atoms with Gasteiger partial charge in [-0.25, -0.2) is 0 Å². The third kappa shape index (κ3) is 5.01. The van der Waals surface area contributed by atoms with Gasteiger partial charge in [0.25, 0.3) is 5.91 Å². The third-order valence-corrected chi connectivity index (χ3v) is 8.69. The molecule has 1 N–H and O–H groups in total. The molecule has 0 unspecified atom stereocenters. The Balaban J connectivity index is 1.46. The highest BCUT2D eigenvalue weighted by Crippen LogP contribution is 2.37. The third-order valence-electron chi connectivity index (χ3n) is 7.03. The Bertz CT molecular complexity index is 1420. The van der Waals surface area contributed by atoms with E-state index in [4.69, 9.17) is 16.9 Å². The molecule has 1 saturated carbocycles. The molecule has 1 fully saturated rings. The minimum absolute atomic E-state index is 0.0158. The number of thiophene rings is 1. The predicted octanol–water partition coefficient (Wildman–Crippen LogP) is 6.66. The maximum atomic E-state index is 14.0. The van der Waals surface area contributed by atoms with E-state index in [0.29, 0.717) is 28.0 Å². The average Bonchev–Trinajstić information content (AvgIpc) is 3.28. The van der Waals surface area contributed by atoms with Gasteiger partial charge < -0.3 is 10.2 Å². The van der Waals surface area contributed by atoms with Crippen LogP contribution in [0.1, 0.15) is 46.5 Å². The van der Waals surface area contributed by atoms with Crippen molar-refractivity contribution >= 4 is 38.9 Å². The Morgan fingerprint density at radius 3 is 2.56 bits per heavy atom. The minimum atomic E-state index is -0.0158. The molecule has 0 atom stereocenters. The zero-order valence-corrected chi connectivity index (χ0v) is 21.6. The maximum Gasteiger partial charge on any atom is 0.266 e. The van der Waals surface area contributed by atoms with Gasteiger partial charge in [-0.2, -0.15) is 5.26 Å². The number of halogens is 1. The second-order valence-electron chi connectivity index (χ2n) is 9.24. The molecule has 36 heavy (non-hydrogen) atoms. The second-order valence-corrected chi connectivity index (χ2v) is 10.7. The molecule has 5 rings (SSSR count). The quantitative estimate of drug-likeness (QED) is 0.312. The van der Waals surface area contributed by atoms with Crippen molar-refractivity contribution in [2.75, 3.05) is 7.05 Å². The largest absolute Gasteiger partial charge is 0.331 e. The first-order valence-electron chi connectivity index (χ1n) is 12.2. The SMILES string of the molecule is CNC1CCC(N(Cc2cncc(-c3ccc(C#N)cc3)c2)C(=O)c2sc3ccccc3c2Cl)CC1. The van der Waals surface area contributed by atoms with Gasteiger partial charge in [-0.05, 0) is 68.1 Å². The topological polar surface area (TPSA) is 69.0 Å². The molecule has 1 aliphatic carbocycles. The fraction of sp³-hybridized carbons (Fsp3) is 0.276. The van der Waals surface area contributed by atoms with Crippen LogP contribution in [-0.2, 0) is 6.54 Å². The standard InChI is InChI=1S/C29H27ClN4OS/c1-32-23-10-12-24(13-11-23)34(29(35)28-27(30)25-4-2-3-5-26(25)36-28)18-20-14-22(17-33-16-20)21-8-6-19(15-31)7-9-21/h2-9,14,16-17,23-24,32H,10-13,18H2,1H3. The Kier molecular flexibility index (Phi) is 7.33. The number of carbonyl (C=O) groups is 1. The first-order chi connectivity index (χ1) is 17.6. The lowest BCUT2D eigenvalue weighted by atomic mass is 9.90. The van der Waals surface area contributed by atoms with E-state index in [-0.39, 0.29) is 11.9 Å². The van der Waals surface area contributed by atoms with Crippen molar-refractivity contribution in [1.82, 2.24) is 15.2 Å². The molecule has 2 aromatic carbocycles. The molecule has 1 amide bonds. The van der Waals surface area contributed by atoms with Crippen LogP contribution in [0.25, 0.3) is 21.2 Å². The second kappa shape index (κ2) is 10.8. The molecule has 4 aromatic rings. The molecule has 2 heterocycles. The van der Waals surface area contributed by atoms with Gasteiger partial charge in [-0.15, -0.1) is 11.3 Å². The molecule has 5 nitrogen and oxygen atoms in total. The van der Waals surface area contributed by atoms with Crippen molar-refractivity contribution in [3.63, 3.8) is 0 Å². The van der Waals surface area contributed by atoms with E-state index >= 15 is 0 Å². The highest BCUT2D eigenvalue weighted by Gasteiger charge is 2.31. The van der Waals surface area contributed by atoms with Gasteiger partial charge in [-0.1, -0.05) is 41.9 Å². The van der Waals surface area contributed by atoms with Crippen LogP contribution in [0.5, 0.6) is 0 Å². The number of aromatic nitrogens is 1. The minimum Gasteiger partial charge on any atom is -0.331 e. The summed E-state index contributed by atoms with van der Waals surface area (Å²) < 4.78 is 1.02. The van der Waals surface area contributed by atoms with Crippen LogP contribution >= 0.6 is 22.9 Å². The summed E-state index contributed by atoms with van der Waals surface area (Å²) in [6.07, 6.45) is 7.62. The van der Waals surface area contributed by atoms with Crippen LogP contribution in [0.2, 0.25) is 5.02 Å². The Morgan fingerprint density at radius 2 is 1.86 bits per heavy atom. The fourth-order valence-corrected chi connectivity index (χ4v) is 6.46. The molecule has 0 saturated heterocycles. The number of pyridine rings is 1. The number of carbonyl (C=O) groups excluding carboxylic acids is 1. The first-order valence-corrected chi connectivity index (χ1v) is 13.4. The zero-order valence-electron chi connectivity index (χ0n) is 20.1. The van der Waals surface area contributed by atoms with Gasteiger partial charge >= 0.3 is 0 Å². The van der Waals surface area contributed by atoms with Crippen LogP contribution in [0.4, 0.5) is 0 Å². The number of amides is 1. The summed E-state index contributed by atoms with van der Waals surface area (Å²) in [6.45, 7) is 0.468. The van der Waals surface area contributed by atoms with Crippen molar-refractivity contribution in [2.45, 2.75) is 44.3 Å². The number of benzene rings is 2. The normalized spacial score (nSPS) is 17.6. The molecule has 0 aliphatic heterocycles. The number of nitriles is 1. The lowest BCUT2D eigenvalue weighted by Gasteiger charge is -2.37. The van der Waals surface area contributed by atoms with Gasteiger partial charge in [-0.3, -0.25) is 9.78 Å². The van der Waals surface area contributed by atoms with Gasteiger partial charge in [0.05, 0.1) is 16.7 Å². The van der Waals surface area contributed by atoms with Crippen LogP contribution in [0.15, 0.2) is 67.0 Å². The summed E-state index contributed by atoms with van der Waals surface area (Å²) in [4.78, 5) is 21.1. The predicted molar refractivity (Wildman–Crippen MR) is 146 cm³/mol. The smallest absolute Gasteiger partial charge is 0.266 e. The summed E-state index contributed by atoms with van der Waals surface area (Å²) >= 11 is 8.20. The van der Waals surface area contributed by atoms with E-state index in [1.807, 2.05) is 72.9 Å². The van der Waals surface area contributed by atoms with Crippen LogP contribution < -0.4 is 5.32 Å². The molecule has 0 bridgehead atoms. The van der Waals surface area contributed by atoms with Gasteiger partial charge in [0.15, 0.2) is 0 Å². The summed E-state index contributed by atoms with van der Waals surface area (Å²) in [5.41, 5.74) is 3.54. The van der Waals surface area contributed by atoms with Crippen molar-refractivity contribution < 1.29 is 4.79 Å². The monoisotopic (exact) mass is 514 g/mol. The van der Waals surface area contributed by atoms with E-state index < -0.39 is 0 Å². The molecule has 0 spiro atoms. The highest BCUT2D eigenvalue weighted by atomic mass is 35.5. The van der Waals surface area contributed by atoms with E-state index in [1.165, 1.54) is 11.3 Å². The van der Waals surface area contributed by atoms with Gasteiger partial charge in [0.2, 0.25) is 0 Å². The molecule has 7 heteroatoms. The Hall–Kier alpha value is -3.24. The van der Waals surface area contributed by atoms with E-state index in [2.05, 4.69) is 22.4 Å². The van der Waals surface area contributed by atoms with Gasteiger partial charge in [0.1, 0.15) is 4.88 Å². The van der Waals surface area contributed by atoms with E-state index in [0.717, 1.165) is 52.5 Å². The number of rotatable bonds is 6. The van der Waals surface area contributed by atoms with Crippen molar-refractivity contribution in [3.05, 3.63) is 88.0 Å². The molecular formula is C29H27ClN4OS. The number of hydrogen-bond donors (Lipinski definition) is 1. The lowest BCUT2D eigenvalue weighted by Crippen LogP contribution is -2.44. The van der Waals surface area contributed by atoms with Gasteiger partial charge in [0, 0.05) is 46.7 Å². The number of fused-ring (bicyclic) bond motifs is 1. The van der Waals surface area contributed by atoms with Crippen molar-refractivity contribution in [1.29, 1.82) is 5.26 Å². The molecule has 182 valence electrons. The van der Waals surface area contributed by atoms with Crippen molar-refractivity contribution in [3.8, 4) is 17.2 Å². The van der Waals surface area contributed by atoms with Crippen LogP contribution in [0.3, 0.4) is 0 Å². The van der Waals surface area contributed by atoms with E-state index in [9.17, 15) is 4.79 Å². The fourth-order valence-electron chi connectivity index (χ4n) is 4.99. The van der Waals surface area contributed by atoms with Crippen molar-refractivity contribution in [2.24, 2.45) is 0 Å². The average molecular weight is 515 g/mol. The Morgan fingerprint density at radius 1 is 1.11 bits per heavy atom. The maximum absolute atomic E-state index is 14.0.